The van der Waals surface area contributed by atoms with Gasteiger partial charge in [0.15, 0.2) is 0 Å². The molecule has 18 heavy (non-hydrogen) atoms. The van der Waals surface area contributed by atoms with Crippen molar-refractivity contribution in [3.05, 3.63) is 29.8 Å². The lowest BCUT2D eigenvalue weighted by atomic mass is 10.1. The molecule has 0 saturated carbocycles. The van der Waals surface area contributed by atoms with Gasteiger partial charge in [0.05, 0.1) is 19.1 Å². The summed E-state index contributed by atoms with van der Waals surface area (Å²) in [5.41, 5.74) is 1.56. The molecule has 0 N–H and O–H groups in total. The van der Waals surface area contributed by atoms with E-state index < -0.39 is 16.0 Å². The van der Waals surface area contributed by atoms with Gasteiger partial charge in [0.2, 0.25) is 10.0 Å². The second-order valence-electron chi connectivity index (χ2n) is 3.87. The predicted molar refractivity (Wildman–Crippen MR) is 70.0 cm³/mol. The summed E-state index contributed by atoms with van der Waals surface area (Å²) in [5, 5.41) is 0. The van der Waals surface area contributed by atoms with Gasteiger partial charge < -0.3 is 4.74 Å². The first-order chi connectivity index (χ1) is 8.38. The molecule has 0 saturated heterocycles. The van der Waals surface area contributed by atoms with Crippen molar-refractivity contribution in [2.75, 3.05) is 24.2 Å². The number of nitrogens with zero attached hydrogens (tertiary/aromatic N) is 1. The third kappa shape index (κ3) is 3.73. The summed E-state index contributed by atoms with van der Waals surface area (Å²) >= 11 is 0. The normalized spacial score (nSPS) is 11.1. The second-order valence-corrected chi connectivity index (χ2v) is 5.77. The highest BCUT2D eigenvalue weighted by Crippen LogP contribution is 2.18. The highest BCUT2D eigenvalue weighted by Gasteiger charge is 2.20. The molecule has 0 fully saturated rings. The van der Waals surface area contributed by atoms with Crippen LogP contribution in [0.3, 0.4) is 0 Å². The van der Waals surface area contributed by atoms with Gasteiger partial charge in [-0.15, -0.1) is 0 Å². The molecule has 1 aromatic rings. The Kier molecular flexibility index (Phi) is 4.72. The van der Waals surface area contributed by atoms with Crippen LogP contribution in [-0.4, -0.2) is 34.3 Å². The molecule has 0 heterocycles. The number of aryl methyl sites for hydroxylation is 1. The Balaban J connectivity index is 3.06. The van der Waals surface area contributed by atoms with Crippen LogP contribution in [-0.2, 0) is 26.0 Å². The van der Waals surface area contributed by atoms with E-state index in [1.165, 1.54) is 7.11 Å². The van der Waals surface area contributed by atoms with Gasteiger partial charge in [-0.3, -0.25) is 9.10 Å². The summed E-state index contributed by atoms with van der Waals surface area (Å²) < 4.78 is 28.8. The van der Waals surface area contributed by atoms with Crippen LogP contribution in [0.15, 0.2) is 24.3 Å². The molecule has 0 atom stereocenters. The molecule has 0 aliphatic heterocycles. The fourth-order valence-corrected chi connectivity index (χ4v) is 2.32. The van der Waals surface area contributed by atoms with Gasteiger partial charge in [-0.2, -0.15) is 0 Å². The lowest BCUT2D eigenvalue weighted by molar-refractivity contribution is -0.138. The average Bonchev–Trinajstić information content (AvgIpc) is 2.34. The Morgan fingerprint density at radius 1 is 1.28 bits per heavy atom. The Morgan fingerprint density at radius 2 is 1.83 bits per heavy atom. The zero-order valence-electron chi connectivity index (χ0n) is 10.7. The largest absolute Gasteiger partial charge is 0.468 e. The lowest BCUT2D eigenvalue weighted by Crippen LogP contribution is -2.35. The third-order valence-electron chi connectivity index (χ3n) is 2.53. The summed E-state index contributed by atoms with van der Waals surface area (Å²) in [5.74, 6) is -0.597. The molecule has 0 amide bonds. The molecular weight excluding hydrogens is 254 g/mol. The molecular formula is C12H17NO4S. The monoisotopic (exact) mass is 271 g/mol. The number of hydrogen-bond acceptors (Lipinski definition) is 4. The Morgan fingerprint density at radius 3 is 2.22 bits per heavy atom. The van der Waals surface area contributed by atoms with E-state index in [0.717, 1.165) is 22.5 Å². The summed E-state index contributed by atoms with van der Waals surface area (Å²) in [6.45, 7) is 1.69. The molecule has 1 rings (SSSR count). The quantitative estimate of drug-likeness (QED) is 0.755. The van der Waals surface area contributed by atoms with Crippen molar-refractivity contribution in [2.24, 2.45) is 0 Å². The molecule has 0 bridgehead atoms. The highest BCUT2D eigenvalue weighted by atomic mass is 32.2. The maximum Gasteiger partial charge on any atom is 0.326 e. The molecule has 1 aromatic carbocycles. The van der Waals surface area contributed by atoms with Gasteiger partial charge in [0, 0.05) is 0 Å². The number of methoxy groups -OCH3 is 1. The molecule has 0 aliphatic rings. The Labute approximate surface area is 107 Å². The van der Waals surface area contributed by atoms with Crippen LogP contribution >= 0.6 is 0 Å². The number of rotatable bonds is 5. The average molecular weight is 271 g/mol. The molecule has 0 unspecified atom stereocenters. The van der Waals surface area contributed by atoms with E-state index in [2.05, 4.69) is 4.74 Å². The van der Waals surface area contributed by atoms with Crippen molar-refractivity contribution in [3.63, 3.8) is 0 Å². The van der Waals surface area contributed by atoms with E-state index in [-0.39, 0.29) is 6.54 Å². The van der Waals surface area contributed by atoms with E-state index in [0.29, 0.717) is 5.69 Å². The second kappa shape index (κ2) is 5.86. The van der Waals surface area contributed by atoms with Crippen molar-refractivity contribution in [3.8, 4) is 0 Å². The maximum atomic E-state index is 11.7. The predicted octanol–water partition coefficient (Wildman–Crippen LogP) is 1.19. The number of ether oxygens (including phenoxy) is 1. The minimum atomic E-state index is -3.51. The maximum absolute atomic E-state index is 11.7. The van der Waals surface area contributed by atoms with Crippen LogP contribution in [0.2, 0.25) is 0 Å². The first-order valence-corrected chi connectivity index (χ1v) is 7.36. The minimum absolute atomic E-state index is 0.319. The van der Waals surface area contributed by atoms with E-state index in [1.807, 2.05) is 19.1 Å². The number of esters is 1. The van der Waals surface area contributed by atoms with Crippen molar-refractivity contribution in [1.82, 2.24) is 0 Å². The lowest BCUT2D eigenvalue weighted by Gasteiger charge is -2.21. The van der Waals surface area contributed by atoms with Gasteiger partial charge >= 0.3 is 5.97 Å². The summed E-state index contributed by atoms with van der Waals surface area (Å²) in [7, 11) is -2.29. The summed E-state index contributed by atoms with van der Waals surface area (Å²) in [4.78, 5) is 11.2. The molecule has 0 radical (unpaired) electrons. The summed E-state index contributed by atoms with van der Waals surface area (Å²) in [6.07, 6.45) is 1.93. The number of carbonyl (C=O) groups is 1. The van der Waals surface area contributed by atoms with Gasteiger partial charge in [0.25, 0.3) is 0 Å². The standard InChI is InChI=1S/C12H17NO4S/c1-4-10-5-7-11(8-6-10)13(18(3,15)16)9-12(14)17-2/h5-8H,4,9H2,1-3H3. The van der Waals surface area contributed by atoms with Gasteiger partial charge in [0.1, 0.15) is 6.54 Å². The fraction of sp³-hybridized carbons (Fsp3) is 0.417. The number of carbonyl (C=O) groups excluding carboxylic acids is 1. The number of hydrogen-bond donors (Lipinski definition) is 0. The van der Waals surface area contributed by atoms with Crippen LogP contribution in [0.1, 0.15) is 12.5 Å². The van der Waals surface area contributed by atoms with E-state index in [1.54, 1.807) is 12.1 Å². The molecule has 0 aromatic heterocycles. The Hall–Kier alpha value is -1.56. The number of sulfonamides is 1. The van der Waals surface area contributed by atoms with Gasteiger partial charge in [-0.1, -0.05) is 19.1 Å². The van der Waals surface area contributed by atoms with Crippen LogP contribution < -0.4 is 4.31 Å². The summed E-state index contributed by atoms with van der Waals surface area (Å²) in [6, 6.07) is 7.04. The van der Waals surface area contributed by atoms with Crippen LogP contribution in [0.4, 0.5) is 5.69 Å². The number of benzene rings is 1. The van der Waals surface area contributed by atoms with Crippen molar-refractivity contribution in [1.29, 1.82) is 0 Å². The van der Waals surface area contributed by atoms with Crippen LogP contribution in [0, 0.1) is 0 Å². The van der Waals surface area contributed by atoms with Crippen molar-refractivity contribution in [2.45, 2.75) is 13.3 Å². The van der Waals surface area contributed by atoms with E-state index in [4.69, 9.17) is 0 Å². The third-order valence-corrected chi connectivity index (χ3v) is 3.67. The fourth-order valence-electron chi connectivity index (χ4n) is 1.48. The van der Waals surface area contributed by atoms with Crippen molar-refractivity contribution >= 4 is 21.7 Å². The zero-order valence-corrected chi connectivity index (χ0v) is 11.5. The van der Waals surface area contributed by atoms with E-state index in [9.17, 15) is 13.2 Å². The first-order valence-electron chi connectivity index (χ1n) is 5.52. The topological polar surface area (TPSA) is 63.7 Å². The van der Waals surface area contributed by atoms with Crippen molar-refractivity contribution < 1.29 is 17.9 Å². The molecule has 0 aliphatic carbocycles. The zero-order chi connectivity index (χ0) is 13.8. The van der Waals surface area contributed by atoms with Crippen LogP contribution in [0.5, 0.6) is 0 Å². The highest BCUT2D eigenvalue weighted by molar-refractivity contribution is 7.92. The minimum Gasteiger partial charge on any atom is -0.468 e. The first kappa shape index (κ1) is 14.5. The SMILES string of the molecule is CCc1ccc(N(CC(=O)OC)S(C)(=O)=O)cc1. The molecule has 6 heteroatoms. The Bertz CT molecular complexity index is 507. The smallest absolute Gasteiger partial charge is 0.326 e. The van der Waals surface area contributed by atoms with E-state index >= 15 is 0 Å². The molecule has 100 valence electrons. The van der Waals surface area contributed by atoms with Gasteiger partial charge in [-0.05, 0) is 24.1 Å². The molecule has 5 nitrogen and oxygen atoms in total. The van der Waals surface area contributed by atoms with Gasteiger partial charge in [-0.25, -0.2) is 8.42 Å². The van der Waals surface area contributed by atoms with Crippen LogP contribution in [0.25, 0.3) is 0 Å². The molecule has 0 spiro atoms. The number of anilines is 1.